The van der Waals surface area contributed by atoms with Crippen molar-refractivity contribution in [3.63, 3.8) is 0 Å². The number of hydrogen-bond donors (Lipinski definition) is 4. The fourth-order valence-corrected chi connectivity index (χ4v) is 5.73. The number of aliphatic hydroxyl groups excluding tert-OH is 1. The number of nitrogens with two attached hydrogens (primary N) is 1. The summed E-state index contributed by atoms with van der Waals surface area (Å²) in [5.41, 5.74) is 5.34. The Labute approximate surface area is 288 Å². The SMILES string of the molecule is CCCC/C=C\CCCCCCCC(=O)NC(COP(=O)(O)OCCN)C(O)/C=C/CC/C=C/CC/C=C/CCCCCCCCC. The first-order chi connectivity index (χ1) is 22.9. The highest BCUT2D eigenvalue weighted by atomic mass is 31.2. The van der Waals surface area contributed by atoms with Gasteiger partial charge in [-0.1, -0.05) is 133 Å². The molecule has 0 spiro atoms. The van der Waals surface area contributed by atoms with Gasteiger partial charge in [-0.3, -0.25) is 13.8 Å². The summed E-state index contributed by atoms with van der Waals surface area (Å²) in [6.45, 7) is 4.02. The normalized spacial score (nSPS) is 14.9. The molecule has 0 saturated heterocycles. The average molecular weight is 683 g/mol. The van der Waals surface area contributed by atoms with Gasteiger partial charge in [-0.2, -0.15) is 0 Å². The van der Waals surface area contributed by atoms with Crippen LogP contribution in [0.15, 0.2) is 48.6 Å². The molecule has 274 valence electrons. The van der Waals surface area contributed by atoms with E-state index in [2.05, 4.69) is 55.6 Å². The molecular formula is C38H71N2O6P. The number of amides is 1. The van der Waals surface area contributed by atoms with E-state index in [0.29, 0.717) is 6.42 Å². The van der Waals surface area contributed by atoms with Crippen molar-refractivity contribution in [2.24, 2.45) is 5.73 Å². The van der Waals surface area contributed by atoms with Crippen LogP contribution >= 0.6 is 7.82 Å². The summed E-state index contributed by atoms with van der Waals surface area (Å²) in [6.07, 6.45) is 40.2. The maximum atomic E-state index is 12.6. The van der Waals surface area contributed by atoms with Gasteiger partial charge >= 0.3 is 7.82 Å². The fraction of sp³-hybridized carbons (Fsp3) is 0.763. The standard InChI is InChI=1S/C38H71N2O6P/c1-3-5-7-9-11-13-15-16-17-18-19-20-22-23-25-27-29-31-37(41)36(35-46-47(43,44)45-34-33-39)40-38(42)32-30-28-26-24-21-14-12-10-8-6-4-2/h10,12,17-18,22-23,29,31,36-37,41H,3-9,11,13-16,19-21,24-28,30,32-35,39H2,1-2H3,(H,40,42)(H,43,44)/b12-10-,18-17+,23-22+,31-29+. The number of allylic oxidation sites excluding steroid dienone is 7. The van der Waals surface area contributed by atoms with Crippen LogP contribution in [0.2, 0.25) is 0 Å². The van der Waals surface area contributed by atoms with Gasteiger partial charge in [0, 0.05) is 13.0 Å². The van der Waals surface area contributed by atoms with Crippen molar-refractivity contribution >= 4 is 13.7 Å². The number of phosphoric acid groups is 1. The average Bonchev–Trinajstić information content (AvgIpc) is 3.05. The molecule has 5 N–H and O–H groups in total. The zero-order valence-corrected chi connectivity index (χ0v) is 30.9. The van der Waals surface area contributed by atoms with E-state index in [4.69, 9.17) is 14.8 Å². The van der Waals surface area contributed by atoms with Gasteiger partial charge in [-0.25, -0.2) is 4.57 Å². The van der Waals surface area contributed by atoms with Crippen molar-refractivity contribution < 1.29 is 28.4 Å². The Hall–Kier alpha value is -1.54. The maximum Gasteiger partial charge on any atom is 0.472 e. The minimum Gasteiger partial charge on any atom is -0.387 e. The molecule has 0 saturated carbocycles. The molecule has 47 heavy (non-hydrogen) atoms. The van der Waals surface area contributed by atoms with E-state index in [9.17, 15) is 19.4 Å². The molecule has 3 atom stereocenters. The van der Waals surface area contributed by atoms with Crippen molar-refractivity contribution in [1.82, 2.24) is 5.32 Å². The summed E-state index contributed by atoms with van der Waals surface area (Å²) in [7, 11) is -4.34. The zero-order valence-electron chi connectivity index (χ0n) is 30.0. The smallest absolute Gasteiger partial charge is 0.387 e. The van der Waals surface area contributed by atoms with Crippen LogP contribution in [0.4, 0.5) is 0 Å². The van der Waals surface area contributed by atoms with Crippen molar-refractivity contribution in [2.45, 2.75) is 167 Å². The molecular weight excluding hydrogens is 611 g/mol. The topological polar surface area (TPSA) is 131 Å². The van der Waals surface area contributed by atoms with E-state index >= 15 is 0 Å². The van der Waals surface area contributed by atoms with E-state index in [0.717, 1.165) is 70.6 Å². The highest BCUT2D eigenvalue weighted by Crippen LogP contribution is 2.43. The Morgan fingerprint density at radius 2 is 1.15 bits per heavy atom. The number of rotatable bonds is 34. The van der Waals surface area contributed by atoms with E-state index in [-0.39, 0.29) is 25.7 Å². The Bertz CT molecular complexity index is 876. The van der Waals surface area contributed by atoms with Gasteiger partial charge in [-0.05, 0) is 64.2 Å². The van der Waals surface area contributed by atoms with Crippen LogP contribution in [0.25, 0.3) is 0 Å². The van der Waals surface area contributed by atoms with Gasteiger partial charge in [0.25, 0.3) is 0 Å². The Morgan fingerprint density at radius 3 is 1.70 bits per heavy atom. The highest BCUT2D eigenvalue weighted by Gasteiger charge is 2.26. The lowest BCUT2D eigenvalue weighted by Gasteiger charge is -2.23. The molecule has 0 aliphatic rings. The number of carbonyl (C=O) groups excluding carboxylic acids is 1. The van der Waals surface area contributed by atoms with E-state index in [1.165, 1.54) is 64.2 Å². The van der Waals surface area contributed by atoms with Crippen molar-refractivity contribution in [3.8, 4) is 0 Å². The third-order valence-corrected chi connectivity index (χ3v) is 8.84. The van der Waals surface area contributed by atoms with Crippen LogP contribution in [0.1, 0.15) is 155 Å². The fourth-order valence-electron chi connectivity index (χ4n) is 4.97. The second-order valence-corrected chi connectivity index (χ2v) is 13.9. The second-order valence-electron chi connectivity index (χ2n) is 12.4. The molecule has 0 aromatic carbocycles. The first-order valence-electron chi connectivity index (χ1n) is 18.8. The Morgan fingerprint density at radius 1 is 0.681 bits per heavy atom. The Balaban J connectivity index is 4.42. The van der Waals surface area contributed by atoms with Gasteiger partial charge in [0.2, 0.25) is 5.91 Å². The van der Waals surface area contributed by atoms with E-state index in [1.807, 2.05) is 6.08 Å². The summed E-state index contributed by atoms with van der Waals surface area (Å²) in [5.74, 6) is -0.222. The third-order valence-electron chi connectivity index (χ3n) is 7.85. The minimum atomic E-state index is -4.34. The number of hydrogen-bond acceptors (Lipinski definition) is 6. The van der Waals surface area contributed by atoms with Crippen LogP contribution in [0, 0.1) is 0 Å². The molecule has 0 heterocycles. The number of unbranched alkanes of at least 4 members (excludes halogenated alkanes) is 16. The predicted molar refractivity (Wildman–Crippen MR) is 198 cm³/mol. The van der Waals surface area contributed by atoms with Crippen LogP contribution in [-0.2, 0) is 18.4 Å². The molecule has 3 unspecified atom stereocenters. The minimum absolute atomic E-state index is 0.0690. The summed E-state index contributed by atoms with van der Waals surface area (Å²) < 4.78 is 22.0. The molecule has 0 fully saturated rings. The monoisotopic (exact) mass is 683 g/mol. The molecule has 0 aromatic rings. The quantitative estimate of drug-likeness (QED) is 0.0302. The van der Waals surface area contributed by atoms with Crippen LogP contribution in [-0.4, -0.2) is 47.8 Å². The molecule has 0 aliphatic carbocycles. The van der Waals surface area contributed by atoms with Gasteiger partial charge in [0.1, 0.15) is 0 Å². The molecule has 0 aliphatic heterocycles. The summed E-state index contributed by atoms with van der Waals surface area (Å²) in [5, 5.41) is 13.6. The largest absolute Gasteiger partial charge is 0.472 e. The van der Waals surface area contributed by atoms with Crippen LogP contribution in [0.5, 0.6) is 0 Å². The van der Waals surface area contributed by atoms with Gasteiger partial charge in [0.05, 0.1) is 25.4 Å². The lowest BCUT2D eigenvalue weighted by Crippen LogP contribution is -2.45. The van der Waals surface area contributed by atoms with Crippen molar-refractivity contribution in [1.29, 1.82) is 0 Å². The third kappa shape index (κ3) is 32.8. The second kappa shape index (κ2) is 34.3. The van der Waals surface area contributed by atoms with E-state index < -0.39 is 20.0 Å². The van der Waals surface area contributed by atoms with Gasteiger partial charge in [-0.15, -0.1) is 0 Å². The lowest BCUT2D eigenvalue weighted by atomic mass is 10.1. The molecule has 9 heteroatoms. The van der Waals surface area contributed by atoms with Gasteiger partial charge < -0.3 is 21.1 Å². The van der Waals surface area contributed by atoms with Gasteiger partial charge in [0.15, 0.2) is 0 Å². The molecule has 8 nitrogen and oxygen atoms in total. The summed E-state index contributed by atoms with van der Waals surface area (Å²) in [4.78, 5) is 22.5. The molecule has 0 radical (unpaired) electrons. The lowest BCUT2D eigenvalue weighted by molar-refractivity contribution is -0.123. The predicted octanol–water partition coefficient (Wildman–Crippen LogP) is 9.77. The summed E-state index contributed by atoms with van der Waals surface area (Å²) in [6, 6.07) is -0.886. The first kappa shape index (κ1) is 45.5. The number of carbonyl (C=O) groups is 1. The molecule has 0 rings (SSSR count). The Kier molecular flexibility index (Phi) is 33.2. The summed E-state index contributed by atoms with van der Waals surface area (Å²) >= 11 is 0. The molecule has 0 aromatic heterocycles. The first-order valence-corrected chi connectivity index (χ1v) is 20.3. The van der Waals surface area contributed by atoms with Crippen molar-refractivity contribution in [3.05, 3.63) is 48.6 Å². The maximum absolute atomic E-state index is 12.6. The molecule has 1 amide bonds. The zero-order chi connectivity index (χ0) is 34.7. The number of nitrogens with one attached hydrogen (secondary N) is 1. The van der Waals surface area contributed by atoms with Crippen molar-refractivity contribution in [2.75, 3.05) is 19.8 Å². The number of phosphoric ester groups is 1. The number of aliphatic hydroxyl groups is 1. The molecule has 0 bridgehead atoms. The van der Waals surface area contributed by atoms with E-state index in [1.54, 1.807) is 6.08 Å². The highest BCUT2D eigenvalue weighted by molar-refractivity contribution is 7.47. The van der Waals surface area contributed by atoms with Crippen LogP contribution in [0.3, 0.4) is 0 Å². The van der Waals surface area contributed by atoms with Crippen LogP contribution < -0.4 is 11.1 Å².